The van der Waals surface area contributed by atoms with Crippen molar-refractivity contribution in [3.63, 3.8) is 0 Å². The Balaban J connectivity index is 1.57. The van der Waals surface area contributed by atoms with Crippen LogP contribution < -0.4 is 5.32 Å². The Kier molecular flexibility index (Phi) is 3.33. The van der Waals surface area contributed by atoms with Gasteiger partial charge in [0.2, 0.25) is 0 Å². The summed E-state index contributed by atoms with van der Waals surface area (Å²) < 4.78 is 1.15. The lowest BCUT2D eigenvalue weighted by molar-refractivity contribution is 1.30. The van der Waals surface area contributed by atoms with Gasteiger partial charge in [-0.25, -0.2) is 4.98 Å². The van der Waals surface area contributed by atoms with Crippen LogP contribution in [0.4, 0.5) is 11.4 Å². The Morgan fingerprint density at radius 1 is 1.04 bits per heavy atom. The third-order valence-electron chi connectivity index (χ3n) is 4.09. The molecule has 0 unspecified atom stereocenters. The molecule has 0 fully saturated rings. The summed E-state index contributed by atoms with van der Waals surface area (Å²) in [5.41, 5.74) is 5.47. The molecule has 4 heterocycles. The first-order chi connectivity index (χ1) is 12.3. The molecule has 0 aliphatic rings. The van der Waals surface area contributed by atoms with Crippen molar-refractivity contribution in [2.75, 3.05) is 5.32 Å². The monoisotopic (exact) mass is 362 g/mol. The molecule has 6 heteroatoms. The second-order valence-electron chi connectivity index (χ2n) is 5.90. The zero-order chi connectivity index (χ0) is 16.8. The second kappa shape index (κ2) is 5.68. The first kappa shape index (κ1) is 14.6. The summed E-state index contributed by atoms with van der Waals surface area (Å²) in [6, 6.07) is 12.7. The molecule has 0 amide bonds. The van der Waals surface area contributed by atoms with Crippen LogP contribution in [-0.2, 0) is 0 Å². The van der Waals surface area contributed by atoms with Crippen molar-refractivity contribution in [3.8, 4) is 9.88 Å². The van der Waals surface area contributed by atoms with Gasteiger partial charge in [0.25, 0.3) is 0 Å². The number of anilines is 2. The fourth-order valence-electron chi connectivity index (χ4n) is 3.00. The summed E-state index contributed by atoms with van der Waals surface area (Å²) in [6.45, 7) is 2.07. The van der Waals surface area contributed by atoms with Crippen molar-refractivity contribution >= 4 is 55.2 Å². The predicted octanol–water partition coefficient (Wildman–Crippen LogP) is 5.95. The smallest absolute Gasteiger partial charge is 0.133 e. The van der Waals surface area contributed by atoms with Crippen LogP contribution in [0.2, 0.25) is 0 Å². The second-order valence-corrected chi connectivity index (χ2v) is 7.85. The molecular formula is C19H14N4S2. The van der Waals surface area contributed by atoms with E-state index in [0.29, 0.717) is 0 Å². The average Bonchev–Trinajstić information content (AvgIpc) is 3.32. The number of thiophene rings is 1. The molecule has 2 N–H and O–H groups in total. The number of benzene rings is 1. The van der Waals surface area contributed by atoms with Crippen LogP contribution in [0.3, 0.4) is 0 Å². The standard InChI is InChI=1S/C19H14N4S2/c1-11-8-12-9-13(2-3-14(12)22-11)23-15-4-5-20-16-10-17(25-18(15)16)19-21-6-7-24-19/h2-10,22H,1H3,(H,20,23). The molecule has 1 aromatic carbocycles. The summed E-state index contributed by atoms with van der Waals surface area (Å²) in [5, 5.41) is 7.80. The van der Waals surface area contributed by atoms with Gasteiger partial charge in [-0.15, -0.1) is 22.7 Å². The van der Waals surface area contributed by atoms with Gasteiger partial charge >= 0.3 is 0 Å². The molecule has 5 rings (SSSR count). The number of aryl methyl sites for hydroxylation is 1. The van der Waals surface area contributed by atoms with Gasteiger partial charge < -0.3 is 10.3 Å². The van der Waals surface area contributed by atoms with E-state index in [4.69, 9.17) is 0 Å². The summed E-state index contributed by atoms with van der Waals surface area (Å²) in [6.07, 6.45) is 3.69. The molecule has 5 aromatic rings. The summed E-state index contributed by atoms with van der Waals surface area (Å²) in [4.78, 5) is 13.4. The summed E-state index contributed by atoms with van der Waals surface area (Å²) in [7, 11) is 0. The van der Waals surface area contributed by atoms with Gasteiger partial charge in [-0.05, 0) is 43.3 Å². The van der Waals surface area contributed by atoms with Crippen molar-refractivity contribution in [2.24, 2.45) is 0 Å². The van der Waals surface area contributed by atoms with Gasteiger partial charge in [0.05, 0.1) is 20.8 Å². The van der Waals surface area contributed by atoms with E-state index in [1.807, 2.05) is 23.8 Å². The number of aromatic amines is 1. The van der Waals surface area contributed by atoms with E-state index in [0.717, 1.165) is 37.0 Å². The molecule has 0 saturated heterocycles. The van der Waals surface area contributed by atoms with Crippen LogP contribution in [-0.4, -0.2) is 15.0 Å². The van der Waals surface area contributed by atoms with Gasteiger partial charge in [-0.1, -0.05) is 0 Å². The number of H-pyrrole nitrogens is 1. The van der Waals surface area contributed by atoms with Gasteiger partial charge in [-0.3, -0.25) is 4.98 Å². The molecule has 122 valence electrons. The van der Waals surface area contributed by atoms with E-state index >= 15 is 0 Å². The number of nitrogens with zero attached hydrogens (tertiary/aromatic N) is 2. The molecule has 0 aliphatic heterocycles. The fourth-order valence-corrected chi connectivity index (χ4v) is 4.79. The van der Waals surface area contributed by atoms with E-state index < -0.39 is 0 Å². The lowest BCUT2D eigenvalue weighted by atomic mass is 10.2. The quantitative estimate of drug-likeness (QED) is 0.417. The Morgan fingerprint density at radius 2 is 2.00 bits per heavy atom. The fraction of sp³-hybridized carbons (Fsp3) is 0.0526. The first-order valence-corrected chi connectivity index (χ1v) is 9.61. The van der Waals surface area contributed by atoms with E-state index in [2.05, 4.69) is 57.5 Å². The molecule has 0 bridgehead atoms. The number of thiazole rings is 1. The largest absolute Gasteiger partial charge is 0.359 e. The third kappa shape index (κ3) is 2.59. The molecule has 4 aromatic heterocycles. The van der Waals surface area contributed by atoms with Gasteiger partial charge in [0.15, 0.2) is 0 Å². The lowest BCUT2D eigenvalue weighted by Gasteiger charge is -2.07. The predicted molar refractivity (Wildman–Crippen MR) is 107 cm³/mol. The number of nitrogens with one attached hydrogen (secondary N) is 2. The van der Waals surface area contributed by atoms with E-state index in [1.165, 1.54) is 11.1 Å². The molecule has 0 saturated carbocycles. The minimum atomic E-state index is 0.999. The lowest BCUT2D eigenvalue weighted by Crippen LogP contribution is -1.90. The zero-order valence-electron chi connectivity index (χ0n) is 13.4. The van der Waals surface area contributed by atoms with Gasteiger partial charge in [-0.2, -0.15) is 0 Å². The van der Waals surface area contributed by atoms with Gasteiger partial charge in [0.1, 0.15) is 5.01 Å². The van der Waals surface area contributed by atoms with Crippen LogP contribution in [0.1, 0.15) is 5.69 Å². The molecule has 0 atom stereocenters. The maximum Gasteiger partial charge on any atom is 0.133 e. The van der Waals surface area contributed by atoms with Crippen molar-refractivity contribution in [2.45, 2.75) is 6.92 Å². The molecular weight excluding hydrogens is 348 g/mol. The van der Waals surface area contributed by atoms with Crippen LogP contribution >= 0.6 is 22.7 Å². The maximum atomic E-state index is 4.51. The maximum absolute atomic E-state index is 4.51. The van der Waals surface area contributed by atoms with E-state index in [1.54, 1.807) is 22.7 Å². The Bertz CT molecular complexity index is 1190. The number of aromatic nitrogens is 3. The number of pyridine rings is 1. The highest BCUT2D eigenvalue weighted by Gasteiger charge is 2.11. The van der Waals surface area contributed by atoms with Crippen molar-refractivity contribution in [1.82, 2.24) is 15.0 Å². The Hall–Kier alpha value is -2.70. The minimum Gasteiger partial charge on any atom is -0.359 e. The SMILES string of the molecule is Cc1cc2cc(Nc3ccnc4cc(-c5nccs5)sc34)ccc2[nH]1. The number of hydrogen-bond donors (Lipinski definition) is 2. The number of fused-ring (bicyclic) bond motifs is 2. The van der Waals surface area contributed by atoms with Crippen LogP contribution in [0.5, 0.6) is 0 Å². The average molecular weight is 362 g/mol. The van der Waals surface area contributed by atoms with Crippen molar-refractivity contribution < 1.29 is 0 Å². The third-order valence-corrected chi connectivity index (χ3v) is 6.19. The number of rotatable bonds is 3. The Morgan fingerprint density at radius 3 is 2.88 bits per heavy atom. The number of hydrogen-bond acceptors (Lipinski definition) is 5. The summed E-state index contributed by atoms with van der Waals surface area (Å²) >= 11 is 3.38. The molecule has 25 heavy (non-hydrogen) atoms. The molecule has 0 aliphatic carbocycles. The zero-order valence-corrected chi connectivity index (χ0v) is 15.0. The topological polar surface area (TPSA) is 53.6 Å². The Labute approximate surface area is 152 Å². The molecule has 4 nitrogen and oxygen atoms in total. The van der Waals surface area contributed by atoms with Crippen LogP contribution in [0, 0.1) is 6.92 Å². The highest BCUT2D eigenvalue weighted by Crippen LogP contribution is 2.38. The molecule has 0 spiro atoms. The van der Waals surface area contributed by atoms with Crippen molar-refractivity contribution in [1.29, 1.82) is 0 Å². The van der Waals surface area contributed by atoms with Crippen molar-refractivity contribution in [3.05, 3.63) is 59.9 Å². The summed E-state index contributed by atoms with van der Waals surface area (Å²) in [5.74, 6) is 0. The van der Waals surface area contributed by atoms with E-state index in [9.17, 15) is 0 Å². The van der Waals surface area contributed by atoms with E-state index in [-0.39, 0.29) is 0 Å². The highest BCUT2D eigenvalue weighted by molar-refractivity contribution is 7.25. The van der Waals surface area contributed by atoms with Gasteiger partial charge in [0, 0.05) is 40.1 Å². The molecule has 0 radical (unpaired) electrons. The highest BCUT2D eigenvalue weighted by atomic mass is 32.1. The minimum absolute atomic E-state index is 0.999. The normalized spacial score (nSPS) is 11.4. The first-order valence-electron chi connectivity index (χ1n) is 7.91. The van der Waals surface area contributed by atoms with Crippen LogP contribution in [0.15, 0.2) is 54.2 Å². The van der Waals surface area contributed by atoms with Crippen LogP contribution in [0.25, 0.3) is 31.0 Å².